The van der Waals surface area contributed by atoms with E-state index in [0.717, 1.165) is 16.5 Å². The summed E-state index contributed by atoms with van der Waals surface area (Å²) in [6.07, 6.45) is 0.592. The minimum Gasteiger partial charge on any atom is -0.458 e. The smallest absolute Gasteiger partial charge is 0.142 e. The van der Waals surface area contributed by atoms with Gasteiger partial charge in [-0.15, -0.1) is 0 Å². The van der Waals surface area contributed by atoms with E-state index in [4.69, 9.17) is 10.2 Å². The van der Waals surface area contributed by atoms with E-state index in [1.165, 1.54) is 6.20 Å². The molecule has 92 valence electrons. The summed E-state index contributed by atoms with van der Waals surface area (Å²) in [4.78, 5) is 0. The fraction of sp³-hybridized carbons (Fsp3) is 0.154. The summed E-state index contributed by atoms with van der Waals surface area (Å²) < 4.78 is 5.62. The lowest BCUT2D eigenvalue weighted by molar-refractivity contribution is 0.193. The predicted molar refractivity (Wildman–Crippen MR) is 68.0 cm³/mol. The van der Waals surface area contributed by atoms with Crippen LogP contribution in [0.4, 0.5) is 5.82 Å². The highest BCUT2D eigenvalue weighted by Gasteiger charge is 2.19. The van der Waals surface area contributed by atoms with Crippen LogP contribution in [0.3, 0.4) is 0 Å². The summed E-state index contributed by atoms with van der Waals surface area (Å²) in [5, 5.41) is 17.5. The predicted octanol–water partition coefficient (Wildman–Crippen LogP) is 2.13. The number of aliphatic hydroxyl groups excluding tert-OH is 1. The van der Waals surface area contributed by atoms with Gasteiger partial charge in [0.15, 0.2) is 0 Å². The van der Waals surface area contributed by atoms with E-state index < -0.39 is 6.10 Å². The van der Waals surface area contributed by atoms with Crippen LogP contribution in [0.2, 0.25) is 0 Å². The van der Waals surface area contributed by atoms with Crippen molar-refractivity contribution in [3.05, 3.63) is 47.3 Å². The molecule has 1 aromatic carbocycles. The molecule has 1 atom stereocenters. The van der Waals surface area contributed by atoms with Crippen LogP contribution < -0.4 is 5.73 Å². The maximum Gasteiger partial charge on any atom is 0.142 e. The SMILES string of the molecule is Cc1ccc2oc(C(O)c3cn[nH]c3N)cc2c1. The van der Waals surface area contributed by atoms with Gasteiger partial charge in [0.2, 0.25) is 0 Å². The lowest BCUT2D eigenvalue weighted by Crippen LogP contribution is -2.00. The molecular weight excluding hydrogens is 230 g/mol. The zero-order valence-corrected chi connectivity index (χ0v) is 9.84. The third kappa shape index (κ3) is 1.65. The summed E-state index contributed by atoms with van der Waals surface area (Å²) in [7, 11) is 0. The van der Waals surface area contributed by atoms with Crippen LogP contribution in [-0.2, 0) is 0 Å². The van der Waals surface area contributed by atoms with Gasteiger partial charge in [-0.1, -0.05) is 11.6 Å². The highest BCUT2D eigenvalue weighted by molar-refractivity contribution is 5.79. The van der Waals surface area contributed by atoms with Gasteiger partial charge in [0, 0.05) is 10.9 Å². The maximum atomic E-state index is 10.2. The molecule has 0 amide bonds. The number of aryl methyl sites for hydroxylation is 1. The van der Waals surface area contributed by atoms with Gasteiger partial charge < -0.3 is 15.3 Å². The van der Waals surface area contributed by atoms with Crippen LogP contribution >= 0.6 is 0 Å². The largest absolute Gasteiger partial charge is 0.458 e. The number of nitrogen functional groups attached to an aromatic ring is 1. The summed E-state index contributed by atoms with van der Waals surface area (Å²) in [6.45, 7) is 2.01. The Hall–Kier alpha value is -2.27. The molecule has 5 nitrogen and oxygen atoms in total. The average molecular weight is 243 g/mol. The Morgan fingerprint density at radius 3 is 2.94 bits per heavy atom. The van der Waals surface area contributed by atoms with Crippen LogP contribution in [-0.4, -0.2) is 15.3 Å². The van der Waals surface area contributed by atoms with Crippen molar-refractivity contribution < 1.29 is 9.52 Å². The molecule has 0 aliphatic rings. The first-order valence-corrected chi connectivity index (χ1v) is 5.62. The van der Waals surface area contributed by atoms with Gasteiger partial charge in [0.25, 0.3) is 0 Å². The second-order valence-electron chi connectivity index (χ2n) is 4.33. The average Bonchev–Trinajstić information content (AvgIpc) is 2.93. The Bertz CT molecular complexity index is 699. The zero-order valence-electron chi connectivity index (χ0n) is 9.84. The van der Waals surface area contributed by atoms with E-state index >= 15 is 0 Å². The number of aromatic nitrogens is 2. The molecule has 4 N–H and O–H groups in total. The number of anilines is 1. The fourth-order valence-corrected chi connectivity index (χ4v) is 1.99. The van der Waals surface area contributed by atoms with Crippen molar-refractivity contribution in [3.8, 4) is 0 Å². The molecule has 0 saturated carbocycles. The van der Waals surface area contributed by atoms with E-state index in [-0.39, 0.29) is 0 Å². The van der Waals surface area contributed by atoms with Crippen molar-refractivity contribution in [3.63, 3.8) is 0 Å². The Labute approximate surface area is 103 Å². The first-order chi connectivity index (χ1) is 8.65. The van der Waals surface area contributed by atoms with Gasteiger partial charge in [-0.05, 0) is 25.1 Å². The Morgan fingerprint density at radius 1 is 1.39 bits per heavy atom. The van der Waals surface area contributed by atoms with Crippen LogP contribution in [0, 0.1) is 6.92 Å². The van der Waals surface area contributed by atoms with Crippen molar-refractivity contribution in [1.29, 1.82) is 0 Å². The standard InChI is InChI=1S/C13H13N3O2/c1-7-2-3-10-8(4-7)5-11(18-10)12(17)9-6-15-16-13(9)14/h2-6,12,17H,1H3,(H3,14,15,16). The molecule has 0 fully saturated rings. The monoisotopic (exact) mass is 243 g/mol. The van der Waals surface area contributed by atoms with Gasteiger partial charge in [-0.25, -0.2) is 0 Å². The van der Waals surface area contributed by atoms with E-state index in [1.54, 1.807) is 0 Å². The number of hydrogen-bond acceptors (Lipinski definition) is 4. The first-order valence-electron chi connectivity index (χ1n) is 5.62. The first kappa shape index (κ1) is 10.9. The molecule has 0 saturated heterocycles. The number of aliphatic hydroxyl groups is 1. The Kier molecular flexibility index (Phi) is 2.34. The second-order valence-corrected chi connectivity index (χ2v) is 4.33. The number of fused-ring (bicyclic) bond motifs is 1. The third-order valence-corrected chi connectivity index (χ3v) is 2.95. The van der Waals surface area contributed by atoms with Gasteiger partial charge in [0.1, 0.15) is 23.3 Å². The lowest BCUT2D eigenvalue weighted by atomic mass is 10.1. The van der Waals surface area contributed by atoms with E-state index in [9.17, 15) is 5.11 Å². The van der Waals surface area contributed by atoms with Crippen LogP contribution in [0.5, 0.6) is 0 Å². The Morgan fingerprint density at radius 2 is 2.22 bits per heavy atom. The molecule has 1 unspecified atom stereocenters. The van der Waals surface area contributed by atoms with Crippen LogP contribution in [0.1, 0.15) is 23.0 Å². The molecule has 0 spiro atoms. The van der Waals surface area contributed by atoms with Gasteiger partial charge in [-0.2, -0.15) is 5.10 Å². The van der Waals surface area contributed by atoms with E-state index in [0.29, 0.717) is 17.1 Å². The van der Waals surface area contributed by atoms with Crippen LogP contribution in [0.25, 0.3) is 11.0 Å². The van der Waals surface area contributed by atoms with Gasteiger partial charge >= 0.3 is 0 Å². The maximum absolute atomic E-state index is 10.2. The summed E-state index contributed by atoms with van der Waals surface area (Å²) in [6, 6.07) is 7.68. The number of aromatic amines is 1. The van der Waals surface area contributed by atoms with Crippen LogP contribution in [0.15, 0.2) is 34.9 Å². The minimum atomic E-state index is -0.906. The molecule has 0 radical (unpaired) electrons. The number of benzene rings is 1. The van der Waals surface area contributed by atoms with Crippen molar-refractivity contribution in [2.24, 2.45) is 0 Å². The molecular formula is C13H13N3O2. The van der Waals surface area contributed by atoms with Crippen molar-refractivity contribution in [1.82, 2.24) is 10.2 Å². The molecule has 2 heterocycles. The number of H-pyrrole nitrogens is 1. The summed E-state index contributed by atoms with van der Waals surface area (Å²) in [5.74, 6) is 0.808. The van der Waals surface area contributed by atoms with Gasteiger partial charge in [-0.3, -0.25) is 5.10 Å². The van der Waals surface area contributed by atoms with Crippen molar-refractivity contribution in [2.45, 2.75) is 13.0 Å². The quantitative estimate of drug-likeness (QED) is 0.643. The molecule has 18 heavy (non-hydrogen) atoms. The molecule has 3 aromatic rings. The highest BCUT2D eigenvalue weighted by Crippen LogP contribution is 2.30. The normalized spacial score (nSPS) is 13.0. The number of rotatable bonds is 2. The van der Waals surface area contributed by atoms with Gasteiger partial charge in [0.05, 0.1) is 6.20 Å². The Balaban J connectivity index is 2.07. The summed E-state index contributed by atoms with van der Waals surface area (Å²) in [5.41, 5.74) is 8.09. The number of nitrogens with zero attached hydrogens (tertiary/aromatic N) is 1. The lowest BCUT2D eigenvalue weighted by Gasteiger charge is -2.05. The minimum absolute atomic E-state index is 0.346. The third-order valence-electron chi connectivity index (χ3n) is 2.95. The molecule has 3 rings (SSSR count). The van der Waals surface area contributed by atoms with Crippen molar-refractivity contribution in [2.75, 3.05) is 5.73 Å². The molecule has 0 bridgehead atoms. The molecule has 5 heteroatoms. The summed E-state index contributed by atoms with van der Waals surface area (Å²) >= 11 is 0. The molecule has 2 aromatic heterocycles. The molecule has 0 aliphatic heterocycles. The topological polar surface area (TPSA) is 88.1 Å². The number of nitrogens with two attached hydrogens (primary N) is 1. The van der Waals surface area contributed by atoms with Crippen molar-refractivity contribution >= 4 is 16.8 Å². The molecule has 0 aliphatic carbocycles. The van der Waals surface area contributed by atoms with E-state index in [1.807, 2.05) is 31.2 Å². The fourth-order valence-electron chi connectivity index (χ4n) is 1.99. The second kappa shape index (κ2) is 3.89. The zero-order chi connectivity index (χ0) is 12.7. The highest BCUT2D eigenvalue weighted by atomic mass is 16.4. The number of hydrogen-bond donors (Lipinski definition) is 3. The number of nitrogens with one attached hydrogen (secondary N) is 1. The number of furan rings is 1. The van der Waals surface area contributed by atoms with E-state index in [2.05, 4.69) is 10.2 Å².